The highest BCUT2D eigenvalue weighted by Gasteiger charge is 2.05. The molecule has 0 atom stereocenters. The molecule has 0 saturated heterocycles. The molecule has 17 heavy (non-hydrogen) atoms. The highest BCUT2D eigenvalue weighted by atomic mass is 79.9. The lowest BCUT2D eigenvalue weighted by molar-refractivity contribution is 0.0697. The van der Waals surface area contributed by atoms with Gasteiger partial charge in [-0.3, -0.25) is 0 Å². The maximum atomic E-state index is 10.8. The normalized spacial score (nSPS) is 10.9. The van der Waals surface area contributed by atoms with Crippen LogP contribution in [0.4, 0.5) is 0 Å². The van der Waals surface area contributed by atoms with Crippen molar-refractivity contribution in [1.82, 2.24) is 5.32 Å². The summed E-state index contributed by atoms with van der Waals surface area (Å²) in [5, 5.41) is 12.1. The van der Waals surface area contributed by atoms with Gasteiger partial charge in [0.2, 0.25) is 0 Å². The molecule has 0 amide bonds. The van der Waals surface area contributed by atoms with Crippen molar-refractivity contribution in [2.45, 2.75) is 19.9 Å². The summed E-state index contributed by atoms with van der Waals surface area (Å²) >= 11 is 3.38. The quantitative estimate of drug-likeness (QED) is 0.626. The number of carboxylic acids is 1. The van der Waals surface area contributed by atoms with E-state index in [-0.39, 0.29) is 0 Å². The molecule has 0 aliphatic rings. The van der Waals surface area contributed by atoms with Crippen LogP contribution in [-0.4, -0.2) is 17.6 Å². The minimum atomic E-state index is -0.904. The standard InChI is InChI=1S/C13H16BrNO2/c1-2-3-4-7-15-9-11-6-5-10(13(16)17)8-12(11)14/h2-3,5-6,8,15H,4,7,9H2,1H3,(H,16,17)/b3-2+. The van der Waals surface area contributed by atoms with Crippen molar-refractivity contribution in [3.8, 4) is 0 Å². The van der Waals surface area contributed by atoms with E-state index in [1.165, 1.54) is 0 Å². The second-order valence-electron chi connectivity index (χ2n) is 3.65. The molecule has 0 bridgehead atoms. The summed E-state index contributed by atoms with van der Waals surface area (Å²) in [6.45, 7) is 3.65. The predicted molar refractivity (Wildman–Crippen MR) is 72.2 cm³/mol. The van der Waals surface area contributed by atoms with Gasteiger partial charge in [0.1, 0.15) is 0 Å². The molecule has 0 radical (unpaired) electrons. The minimum absolute atomic E-state index is 0.301. The van der Waals surface area contributed by atoms with Gasteiger partial charge in [0, 0.05) is 11.0 Å². The van der Waals surface area contributed by atoms with E-state index in [0.717, 1.165) is 29.5 Å². The van der Waals surface area contributed by atoms with E-state index in [0.29, 0.717) is 5.56 Å². The second kappa shape index (κ2) is 7.25. The van der Waals surface area contributed by atoms with Crippen LogP contribution < -0.4 is 5.32 Å². The van der Waals surface area contributed by atoms with Crippen molar-refractivity contribution >= 4 is 21.9 Å². The number of allylic oxidation sites excluding steroid dienone is 1. The third kappa shape index (κ3) is 4.71. The largest absolute Gasteiger partial charge is 0.478 e. The van der Waals surface area contributed by atoms with Crippen LogP contribution in [0, 0.1) is 0 Å². The highest BCUT2D eigenvalue weighted by Crippen LogP contribution is 2.18. The van der Waals surface area contributed by atoms with E-state index in [4.69, 9.17) is 5.11 Å². The average Bonchev–Trinajstić information content (AvgIpc) is 2.30. The van der Waals surface area contributed by atoms with Crippen LogP contribution in [0.5, 0.6) is 0 Å². The van der Waals surface area contributed by atoms with Gasteiger partial charge < -0.3 is 10.4 Å². The lowest BCUT2D eigenvalue weighted by atomic mass is 10.1. The molecule has 92 valence electrons. The molecule has 0 heterocycles. The zero-order valence-corrected chi connectivity index (χ0v) is 11.3. The smallest absolute Gasteiger partial charge is 0.335 e. The fourth-order valence-corrected chi connectivity index (χ4v) is 1.92. The summed E-state index contributed by atoms with van der Waals surface area (Å²) < 4.78 is 0.830. The van der Waals surface area contributed by atoms with Gasteiger partial charge in [-0.25, -0.2) is 4.79 Å². The molecule has 0 saturated carbocycles. The van der Waals surface area contributed by atoms with Crippen LogP contribution in [0.25, 0.3) is 0 Å². The van der Waals surface area contributed by atoms with Crippen molar-refractivity contribution in [3.63, 3.8) is 0 Å². The van der Waals surface area contributed by atoms with E-state index < -0.39 is 5.97 Å². The molecular formula is C13H16BrNO2. The van der Waals surface area contributed by atoms with E-state index >= 15 is 0 Å². The summed E-state index contributed by atoms with van der Waals surface area (Å²) in [5.74, 6) is -0.904. The topological polar surface area (TPSA) is 49.3 Å². The Morgan fingerprint density at radius 3 is 2.88 bits per heavy atom. The molecule has 1 aromatic rings. The minimum Gasteiger partial charge on any atom is -0.478 e. The molecule has 0 aliphatic heterocycles. The lowest BCUT2D eigenvalue weighted by Crippen LogP contribution is -2.14. The number of benzene rings is 1. The Morgan fingerprint density at radius 2 is 2.29 bits per heavy atom. The summed E-state index contributed by atoms with van der Waals surface area (Å²) in [7, 11) is 0. The van der Waals surface area contributed by atoms with Crippen molar-refractivity contribution < 1.29 is 9.90 Å². The fraction of sp³-hybridized carbons (Fsp3) is 0.308. The number of nitrogens with one attached hydrogen (secondary N) is 1. The van der Waals surface area contributed by atoms with Gasteiger partial charge in [-0.05, 0) is 37.6 Å². The van der Waals surface area contributed by atoms with Crippen LogP contribution in [0.3, 0.4) is 0 Å². The monoisotopic (exact) mass is 297 g/mol. The first-order valence-corrected chi connectivity index (χ1v) is 6.28. The lowest BCUT2D eigenvalue weighted by Gasteiger charge is -2.06. The number of halogens is 1. The summed E-state index contributed by atoms with van der Waals surface area (Å²) in [6, 6.07) is 5.08. The molecule has 0 spiro atoms. The molecular weight excluding hydrogens is 282 g/mol. The van der Waals surface area contributed by atoms with Gasteiger partial charge in [-0.2, -0.15) is 0 Å². The SMILES string of the molecule is C/C=C/CCNCc1ccc(C(=O)O)cc1Br. The van der Waals surface area contributed by atoms with Gasteiger partial charge in [0.05, 0.1) is 5.56 Å². The third-order valence-corrected chi connectivity index (χ3v) is 3.08. The summed E-state index contributed by atoms with van der Waals surface area (Å²) in [6.07, 6.45) is 5.14. The Morgan fingerprint density at radius 1 is 1.53 bits per heavy atom. The van der Waals surface area contributed by atoms with Crippen LogP contribution in [-0.2, 0) is 6.54 Å². The number of carboxylic acid groups (broad SMARTS) is 1. The second-order valence-corrected chi connectivity index (χ2v) is 4.50. The Bertz CT molecular complexity index is 416. The molecule has 2 N–H and O–H groups in total. The van der Waals surface area contributed by atoms with E-state index in [9.17, 15) is 4.79 Å². The van der Waals surface area contributed by atoms with Crippen LogP contribution in [0.15, 0.2) is 34.8 Å². The van der Waals surface area contributed by atoms with Crippen LogP contribution in [0.1, 0.15) is 29.3 Å². The molecule has 1 rings (SSSR count). The molecule has 0 aromatic heterocycles. The molecule has 3 nitrogen and oxygen atoms in total. The Balaban J connectivity index is 2.52. The van der Waals surface area contributed by atoms with Gasteiger partial charge >= 0.3 is 5.97 Å². The molecule has 0 fully saturated rings. The number of hydrogen-bond acceptors (Lipinski definition) is 2. The zero-order valence-electron chi connectivity index (χ0n) is 9.74. The summed E-state index contributed by atoms with van der Waals surface area (Å²) in [4.78, 5) is 10.8. The van der Waals surface area contributed by atoms with Crippen molar-refractivity contribution in [2.75, 3.05) is 6.54 Å². The van der Waals surface area contributed by atoms with Crippen LogP contribution >= 0.6 is 15.9 Å². The van der Waals surface area contributed by atoms with Gasteiger partial charge in [0.25, 0.3) is 0 Å². The number of hydrogen-bond donors (Lipinski definition) is 2. The average molecular weight is 298 g/mol. The molecule has 0 unspecified atom stereocenters. The van der Waals surface area contributed by atoms with Gasteiger partial charge in [-0.15, -0.1) is 0 Å². The maximum absolute atomic E-state index is 10.8. The predicted octanol–water partition coefficient (Wildman–Crippen LogP) is 3.20. The van der Waals surface area contributed by atoms with Crippen molar-refractivity contribution in [2.24, 2.45) is 0 Å². The van der Waals surface area contributed by atoms with Gasteiger partial charge in [0.15, 0.2) is 0 Å². The molecule has 4 heteroatoms. The van der Waals surface area contributed by atoms with E-state index in [1.54, 1.807) is 12.1 Å². The molecule has 1 aromatic carbocycles. The number of rotatable bonds is 6. The fourth-order valence-electron chi connectivity index (χ4n) is 1.40. The van der Waals surface area contributed by atoms with Crippen molar-refractivity contribution in [3.05, 3.63) is 46.0 Å². The molecule has 0 aliphatic carbocycles. The number of carbonyl (C=O) groups is 1. The van der Waals surface area contributed by atoms with Gasteiger partial charge in [-0.1, -0.05) is 34.1 Å². The number of aromatic carboxylic acids is 1. The van der Waals surface area contributed by atoms with Crippen LogP contribution in [0.2, 0.25) is 0 Å². The highest BCUT2D eigenvalue weighted by molar-refractivity contribution is 9.10. The Hall–Kier alpha value is -1.13. The third-order valence-electron chi connectivity index (χ3n) is 2.34. The Labute approximate surface area is 110 Å². The van der Waals surface area contributed by atoms with Crippen molar-refractivity contribution in [1.29, 1.82) is 0 Å². The van der Waals surface area contributed by atoms with E-state index in [1.807, 2.05) is 19.1 Å². The summed E-state index contributed by atoms with van der Waals surface area (Å²) in [5.41, 5.74) is 1.37. The first-order chi connectivity index (χ1) is 8.15. The van der Waals surface area contributed by atoms with E-state index in [2.05, 4.69) is 27.3 Å². The first-order valence-electron chi connectivity index (χ1n) is 5.48. The Kier molecular flexibility index (Phi) is 5.94. The zero-order chi connectivity index (χ0) is 12.7. The first kappa shape index (κ1) is 13.9. The maximum Gasteiger partial charge on any atom is 0.335 e.